The zero-order chi connectivity index (χ0) is 24.9. The molecule has 10 heteroatoms. The van der Waals surface area contributed by atoms with E-state index in [4.69, 9.17) is 44.3 Å². The molecule has 0 saturated heterocycles. The van der Waals surface area contributed by atoms with E-state index in [-0.39, 0.29) is 12.2 Å². The van der Waals surface area contributed by atoms with E-state index in [1.807, 2.05) is 0 Å². The first-order chi connectivity index (χ1) is 16.9. The van der Waals surface area contributed by atoms with Crippen LogP contribution in [0.2, 0.25) is 15.1 Å². The number of aliphatic imine (C=N–C) groups is 1. The average Bonchev–Trinajstić information content (AvgIpc) is 2.96. The summed E-state index contributed by atoms with van der Waals surface area (Å²) in [6.45, 7) is 0.560. The standard InChI is InChI=1S/C25H20Cl3N3O4/c1-34-11-12-35-20-10-9-14(26)13-16(20)24(32)31-23-25(33)29-19-8-3-2-5-15(19)22(30-23)21-17(27)6-4-7-18(21)28/h2-10,13,23H,11-12H2,1H3,(H,29,33)(H,31,32). The highest BCUT2D eigenvalue weighted by Crippen LogP contribution is 2.32. The van der Waals surface area contributed by atoms with Crippen molar-refractivity contribution in [2.75, 3.05) is 25.6 Å². The van der Waals surface area contributed by atoms with Crippen LogP contribution in [0.5, 0.6) is 5.75 Å². The van der Waals surface area contributed by atoms with Gasteiger partial charge in [-0.15, -0.1) is 0 Å². The van der Waals surface area contributed by atoms with Gasteiger partial charge >= 0.3 is 0 Å². The minimum Gasteiger partial charge on any atom is -0.490 e. The maximum Gasteiger partial charge on any atom is 0.269 e. The van der Waals surface area contributed by atoms with Gasteiger partial charge in [0.25, 0.3) is 11.8 Å². The predicted molar refractivity (Wildman–Crippen MR) is 137 cm³/mol. The highest BCUT2D eigenvalue weighted by Gasteiger charge is 2.29. The summed E-state index contributed by atoms with van der Waals surface area (Å²) >= 11 is 19.1. The van der Waals surface area contributed by atoms with Crippen molar-refractivity contribution in [3.63, 3.8) is 0 Å². The number of rotatable bonds is 7. The number of halogens is 3. The van der Waals surface area contributed by atoms with Crippen LogP contribution < -0.4 is 15.4 Å². The van der Waals surface area contributed by atoms with Crippen LogP contribution in [-0.2, 0) is 9.53 Å². The summed E-state index contributed by atoms with van der Waals surface area (Å²) in [5.41, 5.74) is 2.08. The summed E-state index contributed by atoms with van der Waals surface area (Å²) in [5.74, 6) is -0.841. The summed E-state index contributed by atoms with van der Waals surface area (Å²) in [4.78, 5) is 30.9. The monoisotopic (exact) mass is 531 g/mol. The lowest BCUT2D eigenvalue weighted by molar-refractivity contribution is -0.117. The Labute approximate surface area is 217 Å². The SMILES string of the molecule is COCCOc1ccc(Cl)cc1C(=O)NC1N=C(c2c(Cl)cccc2Cl)c2ccccc2NC1=O. The molecule has 0 radical (unpaired) electrons. The summed E-state index contributed by atoms with van der Waals surface area (Å²) in [6, 6.07) is 16.8. The molecule has 1 aliphatic heterocycles. The number of carbonyl (C=O) groups is 2. The van der Waals surface area contributed by atoms with Gasteiger partial charge in [0.05, 0.1) is 33.6 Å². The Morgan fingerprint density at radius 2 is 1.77 bits per heavy atom. The largest absolute Gasteiger partial charge is 0.490 e. The van der Waals surface area contributed by atoms with Crippen LogP contribution in [0.1, 0.15) is 21.5 Å². The molecule has 0 spiro atoms. The Balaban J connectivity index is 1.74. The number of fused-ring (bicyclic) bond motifs is 1. The molecular formula is C25H20Cl3N3O4. The van der Waals surface area contributed by atoms with E-state index in [0.717, 1.165) is 0 Å². The molecule has 0 aromatic heterocycles. The first kappa shape index (κ1) is 25.0. The van der Waals surface area contributed by atoms with E-state index in [2.05, 4.69) is 15.6 Å². The average molecular weight is 533 g/mol. The van der Waals surface area contributed by atoms with Gasteiger partial charge in [-0.2, -0.15) is 0 Å². The molecule has 0 fully saturated rings. The molecule has 4 rings (SSSR count). The second-order valence-electron chi connectivity index (χ2n) is 7.47. The van der Waals surface area contributed by atoms with Crippen molar-refractivity contribution in [3.8, 4) is 5.75 Å². The van der Waals surface area contributed by atoms with Crippen LogP contribution in [0.4, 0.5) is 5.69 Å². The second-order valence-corrected chi connectivity index (χ2v) is 8.72. The van der Waals surface area contributed by atoms with E-state index in [9.17, 15) is 9.59 Å². The van der Waals surface area contributed by atoms with Crippen LogP contribution in [-0.4, -0.2) is 44.0 Å². The van der Waals surface area contributed by atoms with E-state index in [1.54, 1.807) is 61.7 Å². The van der Waals surface area contributed by atoms with Gasteiger partial charge in [-0.1, -0.05) is 59.1 Å². The highest BCUT2D eigenvalue weighted by atomic mass is 35.5. The zero-order valence-electron chi connectivity index (χ0n) is 18.5. The number of nitrogens with one attached hydrogen (secondary N) is 2. The summed E-state index contributed by atoms with van der Waals surface area (Å²) in [5, 5.41) is 6.51. The van der Waals surface area contributed by atoms with Crippen LogP contribution in [0.25, 0.3) is 0 Å². The van der Waals surface area contributed by atoms with Gasteiger partial charge < -0.3 is 20.1 Å². The van der Waals surface area contributed by atoms with E-state index >= 15 is 0 Å². The normalized spacial score (nSPS) is 14.9. The molecule has 0 saturated carbocycles. The molecule has 1 aliphatic rings. The Morgan fingerprint density at radius 3 is 2.51 bits per heavy atom. The van der Waals surface area contributed by atoms with Crippen molar-refractivity contribution >= 4 is 58.0 Å². The molecule has 2 amide bonds. The minimum absolute atomic E-state index is 0.149. The first-order valence-electron chi connectivity index (χ1n) is 10.5. The number of nitrogens with zero attached hydrogens (tertiary/aromatic N) is 1. The highest BCUT2D eigenvalue weighted by molar-refractivity contribution is 6.42. The molecule has 1 heterocycles. The fourth-order valence-corrected chi connectivity index (χ4v) is 4.27. The fraction of sp³-hybridized carbons (Fsp3) is 0.160. The number of hydrogen-bond donors (Lipinski definition) is 2. The van der Waals surface area contributed by atoms with Crippen molar-refractivity contribution < 1.29 is 19.1 Å². The van der Waals surface area contributed by atoms with Gasteiger partial charge in [-0.3, -0.25) is 9.59 Å². The molecular weight excluding hydrogens is 513 g/mol. The number of benzodiazepines with no additional fused rings is 1. The molecule has 3 aromatic rings. The Morgan fingerprint density at radius 1 is 1.03 bits per heavy atom. The van der Waals surface area contributed by atoms with Crippen molar-refractivity contribution in [2.24, 2.45) is 4.99 Å². The zero-order valence-corrected chi connectivity index (χ0v) is 20.7. The van der Waals surface area contributed by atoms with Gasteiger partial charge in [-0.25, -0.2) is 4.99 Å². The Hall–Kier alpha value is -3.10. The molecule has 35 heavy (non-hydrogen) atoms. The smallest absolute Gasteiger partial charge is 0.269 e. The van der Waals surface area contributed by atoms with Gasteiger partial charge in [0, 0.05) is 23.3 Å². The van der Waals surface area contributed by atoms with Crippen molar-refractivity contribution in [3.05, 3.63) is 92.4 Å². The summed E-state index contributed by atoms with van der Waals surface area (Å²) in [6.07, 6.45) is -1.29. The lowest BCUT2D eigenvalue weighted by atomic mass is 10.0. The Kier molecular flexibility index (Phi) is 7.93. The molecule has 0 bridgehead atoms. The van der Waals surface area contributed by atoms with Gasteiger partial charge in [-0.05, 0) is 36.4 Å². The van der Waals surface area contributed by atoms with Gasteiger partial charge in [0.15, 0.2) is 0 Å². The molecule has 0 aliphatic carbocycles. The molecule has 7 nitrogen and oxygen atoms in total. The predicted octanol–water partition coefficient (Wildman–Crippen LogP) is 5.22. The quantitative estimate of drug-likeness (QED) is 0.409. The first-order valence-corrected chi connectivity index (χ1v) is 11.7. The number of anilines is 1. The van der Waals surface area contributed by atoms with Crippen LogP contribution in [0.3, 0.4) is 0 Å². The number of hydrogen-bond acceptors (Lipinski definition) is 5. The molecule has 2 N–H and O–H groups in total. The van der Waals surface area contributed by atoms with Crippen molar-refractivity contribution in [1.82, 2.24) is 5.32 Å². The number of ether oxygens (including phenoxy) is 2. The summed E-state index contributed by atoms with van der Waals surface area (Å²) < 4.78 is 10.6. The lowest BCUT2D eigenvalue weighted by Crippen LogP contribution is -2.42. The van der Waals surface area contributed by atoms with Gasteiger partial charge in [0.1, 0.15) is 12.4 Å². The van der Waals surface area contributed by atoms with Crippen molar-refractivity contribution in [2.45, 2.75) is 6.17 Å². The van der Waals surface area contributed by atoms with Crippen LogP contribution >= 0.6 is 34.8 Å². The molecule has 3 aromatic carbocycles. The second kappa shape index (κ2) is 11.1. The Bertz CT molecular complexity index is 1290. The maximum absolute atomic E-state index is 13.2. The number of benzene rings is 3. The topological polar surface area (TPSA) is 89.0 Å². The van der Waals surface area contributed by atoms with E-state index in [0.29, 0.717) is 50.0 Å². The van der Waals surface area contributed by atoms with Gasteiger partial charge in [0.2, 0.25) is 6.17 Å². The maximum atomic E-state index is 13.2. The third-order valence-electron chi connectivity index (χ3n) is 5.15. The number of amides is 2. The molecule has 1 atom stereocenters. The minimum atomic E-state index is -1.29. The molecule has 180 valence electrons. The van der Waals surface area contributed by atoms with Crippen molar-refractivity contribution in [1.29, 1.82) is 0 Å². The third-order valence-corrected chi connectivity index (χ3v) is 6.01. The van der Waals surface area contributed by atoms with Crippen LogP contribution in [0.15, 0.2) is 65.7 Å². The third kappa shape index (κ3) is 5.60. The van der Waals surface area contributed by atoms with E-state index < -0.39 is 18.0 Å². The number of para-hydroxylation sites is 1. The summed E-state index contributed by atoms with van der Waals surface area (Å²) in [7, 11) is 1.54. The molecule has 1 unspecified atom stereocenters. The van der Waals surface area contributed by atoms with Crippen LogP contribution in [0, 0.1) is 0 Å². The lowest BCUT2D eigenvalue weighted by Gasteiger charge is -2.16. The number of carbonyl (C=O) groups excluding carboxylic acids is 2. The number of methoxy groups -OCH3 is 1. The van der Waals surface area contributed by atoms with E-state index in [1.165, 1.54) is 6.07 Å². The fourth-order valence-electron chi connectivity index (χ4n) is 3.52.